The zero-order valence-corrected chi connectivity index (χ0v) is 10.2. The first-order valence-electron chi connectivity index (χ1n) is 5.46. The molecule has 1 atom stereocenters. The van der Waals surface area contributed by atoms with Crippen molar-refractivity contribution in [2.24, 2.45) is 0 Å². The highest BCUT2D eigenvalue weighted by Gasteiger charge is 2.36. The Hall–Kier alpha value is -1.90. The number of nitrogens with zero attached hydrogens (tertiary/aromatic N) is 4. The summed E-state index contributed by atoms with van der Waals surface area (Å²) in [5, 5.41) is 9.30. The van der Waals surface area contributed by atoms with Gasteiger partial charge in [-0.3, -0.25) is 0 Å². The lowest BCUT2D eigenvalue weighted by molar-refractivity contribution is -0.144. The van der Waals surface area contributed by atoms with Crippen molar-refractivity contribution >= 4 is 17.0 Å². The molecule has 0 aliphatic carbocycles. The number of alkyl halides is 3. The Morgan fingerprint density at radius 2 is 2.11 bits per heavy atom. The van der Waals surface area contributed by atoms with Crippen molar-refractivity contribution in [2.45, 2.75) is 19.2 Å². The smallest absolute Gasteiger partial charge is 0.392 e. The Kier molecular flexibility index (Phi) is 3.31. The maximum atomic E-state index is 12.7. The molecule has 0 spiro atoms. The highest BCUT2D eigenvalue weighted by molar-refractivity contribution is 5.82. The number of likely N-dealkylation sites (N-methyl/N-ethyl adjacent to an activating group) is 1. The van der Waals surface area contributed by atoms with E-state index in [4.69, 9.17) is 0 Å². The number of nitrogens with one attached hydrogen (secondary N) is 1. The number of aliphatic hydroxyl groups excluding tert-OH is 1. The zero-order valence-electron chi connectivity index (χ0n) is 10.2. The standard InChI is InChI=1S/C10H12F3N5O/c1-5(19)3-18(2)8-6-7(15-4-14-6)16-9(17-8)10(11,12)13/h4-5,19H,3H2,1-2H3,(H,14,15,16,17). The number of hydrogen-bond acceptors (Lipinski definition) is 5. The number of halogens is 3. The number of fused-ring (bicyclic) bond motifs is 1. The van der Waals surface area contributed by atoms with Gasteiger partial charge in [0.2, 0.25) is 5.82 Å². The molecule has 1 unspecified atom stereocenters. The maximum Gasteiger partial charge on any atom is 0.451 e. The average molecular weight is 275 g/mol. The van der Waals surface area contributed by atoms with Gasteiger partial charge in [0.15, 0.2) is 11.5 Å². The van der Waals surface area contributed by atoms with Crippen LogP contribution >= 0.6 is 0 Å². The van der Waals surface area contributed by atoms with Crippen LogP contribution in [0.3, 0.4) is 0 Å². The van der Waals surface area contributed by atoms with Gasteiger partial charge in [-0.05, 0) is 6.92 Å². The van der Waals surface area contributed by atoms with Crippen LogP contribution in [0.25, 0.3) is 11.2 Å². The molecular weight excluding hydrogens is 263 g/mol. The number of H-pyrrole nitrogens is 1. The van der Waals surface area contributed by atoms with E-state index in [9.17, 15) is 18.3 Å². The minimum Gasteiger partial charge on any atom is -0.392 e. The first-order chi connectivity index (χ1) is 8.79. The first-order valence-corrected chi connectivity index (χ1v) is 5.46. The highest BCUT2D eigenvalue weighted by Crippen LogP contribution is 2.30. The number of aliphatic hydroxyl groups is 1. The Morgan fingerprint density at radius 3 is 2.68 bits per heavy atom. The molecule has 19 heavy (non-hydrogen) atoms. The van der Waals surface area contributed by atoms with Crippen LogP contribution in [-0.2, 0) is 6.18 Å². The highest BCUT2D eigenvalue weighted by atomic mass is 19.4. The summed E-state index contributed by atoms with van der Waals surface area (Å²) in [4.78, 5) is 14.7. The van der Waals surface area contributed by atoms with Crippen molar-refractivity contribution in [1.29, 1.82) is 0 Å². The number of aromatic amines is 1. The van der Waals surface area contributed by atoms with Gasteiger partial charge >= 0.3 is 6.18 Å². The molecule has 0 aliphatic heterocycles. The van der Waals surface area contributed by atoms with Gasteiger partial charge in [-0.2, -0.15) is 13.2 Å². The van der Waals surface area contributed by atoms with Crippen molar-refractivity contribution < 1.29 is 18.3 Å². The van der Waals surface area contributed by atoms with Gasteiger partial charge in [0, 0.05) is 13.6 Å². The zero-order chi connectivity index (χ0) is 14.2. The van der Waals surface area contributed by atoms with E-state index in [0.717, 1.165) is 0 Å². The number of anilines is 1. The maximum absolute atomic E-state index is 12.7. The number of rotatable bonds is 3. The fraction of sp³-hybridized carbons (Fsp3) is 0.500. The molecule has 104 valence electrons. The molecule has 0 bridgehead atoms. The number of aromatic nitrogens is 4. The molecule has 2 rings (SSSR count). The molecule has 6 nitrogen and oxygen atoms in total. The van der Waals surface area contributed by atoms with E-state index in [1.54, 1.807) is 0 Å². The Balaban J connectivity index is 2.54. The van der Waals surface area contributed by atoms with Crippen LogP contribution in [-0.4, -0.2) is 44.7 Å². The van der Waals surface area contributed by atoms with Crippen molar-refractivity contribution in [3.63, 3.8) is 0 Å². The lowest BCUT2D eigenvalue weighted by Gasteiger charge is -2.20. The fourth-order valence-electron chi connectivity index (χ4n) is 1.70. The lowest BCUT2D eigenvalue weighted by atomic mass is 10.3. The van der Waals surface area contributed by atoms with E-state index in [-0.39, 0.29) is 18.0 Å². The van der Waals surface area contributed by atoms with E-state index in [1.165, 1.54) is 25.2 Å². The van der Waals surface area contributed by atoms with E-state index in [2.05, 4.69) is 19.9 Å². The summed E-state index contributed by atoms with van der Waals surface area (Å²) in [5.74, 6) is -1.20. The fourth-order valence-corrected chi connectivity index (χ4v) is 1.70. The molecular formula is C10H12F3N5O. The van der Waals surface area contributed by atoms with Gasteiger partial charge in [0.25, 0.3) is 0 Å². The third-order valence-corrected chi connectivity index (χ3v) is 2.42. The van der Waals surface area contributed by atoms with Crippen LogP contribution in [0, 0.1) is 0 Å². The summed E-state index contributed by atoms with van der Waals surface area (Å²) in [6.45, 7) is 1.68. The van der Waals surface area contributed by atoms with Crippen LogP contribution in [0.15, 0.2) is 6.33 Å². The van der Waals surface area contributed by atoms with E-state index < -0.39 is 18.1 Å². The molecule has 0 amide bonds. The molecule has 2 aromatic rings. The van der Waals surface area contributed by atoms with Crippen molar-refractivity contribution in [3.05, 3.63) is 12.2 Å². The van der Waals surface area contributed by atoms with Gasteiger partial charge in [-0.25, -0.2) is 15.0 Å². The summed E-state index contributed by atoms with van der Waals surface area (Å²) < 4.78 is 38.1. The SMILES string of the molecule is CC(O)CN(C)c1nc(C(F)(F)F)nc2nc[nH]c12. The van der Waals surface area contributed by atoms with E-state index in [1.807, 2.05) is 0 Å². The molecule has 0 radical (unpaired) electrons. The number of hydrogen-bond donors (Lipinski definition) is 2. The van der Waals surface area contributed by atoms with Crippen LogP contribution < -0.4 is 4.90 Å². The normalized spacial score (nSPS) is 13.8. The van der Waals surface area contributed by atoms with Crippen LogP contribution in [0.2, 0.25) is 0 Å². The van der Waals surface area contributed by atoms with Crippen molar-refractivity contribution in [1.82, 2.24) is 19.9 Å². The molecule has 0 saturated carbocycles. The second kappa shape index (κ2) is 4.65. The number of imidazole rings is 1. The second-order valence-corrected chi connectivity index (χ2v) is 4.20. The van der Waals surface area contributed by atoms with Crippen molar-refractivity contribution in [3.8, 4) is 0 Å². The van der Waals surface area contributed by atoms with Gasteiger partial charge in [-0.1, -0.05) is 0 Å². The molecule has 0 fully saturated rings. The summed E-state index contributed by atoms with van der Waals surface area (Å²) in [6, 6.07) is 0. The van der Waals surface area contributed by atoms with Crippen LogP contribution in [0.1, 0.15) is 12.7 Å². The molecule has 0 aliphatic rings. The minimum atomic E-state index is -4.65. The molecule has 9 heteroatoms. The summed E-state index contributed by atoms with van der Waals surface area (Å²) in [6.07, 6.45) is -4.10. The Bertz CT molecular complexity index is 580. The van der Waals surface area contributed by atoms with Crippen molar-refractivity contribution in [2.75, 3.05) is 18.5 Å². The molecule has 0 saturated heterocycles. The minimum absolute atomic E-state index is 0.0516. The van der Waals surface area contributed by atoms with Crippen LogP contribution in [0.5, 0.6) is 0 Å². The quantitative estimate of drug-likeness (QED) is 0.879. The third kappa shape index (κ3) is 2.75. The predicted octanol–water partition coefficient (Wildman–Crippen LogP) is 1.19. The topological polar surface area (TPSA) is 77.9 Å². The largest absolute Gasteiger partial charge is 0.451 e. The monoisotopic (exact) mass is 275 g/mol. The average Bonchev–Trinajstić information content (AvgIpc) is 2.72. The summed E-state index contributed by atoms with van der Waals surface area (Å²) in [5.41, 5.74) is 0.242. The van der Waals surface area contributed by atoms with E-state index in [0.29, 0.717) is 5.52 Å². The second-order valence-electron chi connectivity index (χ2n) is 4.20. The van der Waals surface area contributed by atoms with Gasteiger partial charge < -0.3 is 15.0 Å². The summed E-state index contributed by atoms with van der Waals surface area (Å²) in [7, 11) is 1.54. The van der Waals surface area contributed by atoms with Gasteiger partial charge in [0.05, 0.1) is 12.4 Å². The lowest BCUT2D eigenvalue weighted by Crippen LogP contribution is -2.28. The molecule has 2 N–H and O–H groups in total. The first kappa shape index (κ1) is 13.5. The molecule has 0 aromatic carbocycles. The Labute approximate surface area is 106 Å². The summed E-state index contributed by atoms with van der Waals surface area (Å²) >= 11 is 0. The van der Waals surface area contributed by atoms with Gasteiger partial charge in [-0.15, -0.1) is 0 Å². The third-order valence-electron chi connectivity index (χ3n) is 2.42. The van der Waals surface area contributed by atoms with Gasteiger partial charge in [0.1, 0.15) is 5.52 Å². The van der Waals surface area contributed by atoms with E-state index >= 15 is 0 Å². The molecule has 2 heterocycles. The molecule has 2 aromatic heterocycles. The predicted molar refractivity (Wildman–Crippen MR) is 61.6 cm³/mol. The van der Waals surface area contributed by atoms with Crippen LogP contribution in [0.4, 0.5) is 19.0 Å². The Morgan fingerprint density at radius 1 is 1.42 bits per heavy atom.